The van der Waals surface area contributed by atoms with Crippen molar-refractivity contribution in [1.82, 2.24) is 4.57 Å². The summed E-state index contributed by atoms with van der Waals surface area (Å²) in [6.45, 7) is 7.93. The molecule has 0 aliphatic heterocycles. The van der Waals surface area contributed by atoms with Crippen LogP contribution in [-0.2, 0) is 11.3 Å². The van der Waals surface area contributed by atoms with Gasteiger partial charge < -0.3 is 9.30 Å². The first-order valence-corrected chi connectivity index (χ1v) is 5.44. The minimum atomic E-state index is 0.104. The van der Waals surface area contributed by atoms with E-state index in [-0.39, 0.29) is 11.5 Å². The number of ether oxygens (including phenoxy) is 1. The molecular weight excluding hydrogens is 190 g/mol. The third kappa shape index (κ3) is 3.20. The van der Waals surface area contributed by atoms with Gasteiger partial charge in [0.15, 0.2) is 0 Å². The monoisotopic (exact) mass is 209 g/mol. The predicted molar refractivity (Wildman–Crippen MR) is 61.3 cm³/mol. The zero-order valence-corrected chi connectivity index (χ0v) is 9.69. The molecule has 84 valence electrons. The molecule has 15 heavy (non-hydrogen) atoms. The first-order valence-electron chi connectivity index (χ1n) is 5.44. The first kappa shape index (κ1) is 12.0. The first-order chi connectivity index (χ1) is 7.16. The summed E-state index contributed by atoms with van der Waals surface area (Å²) in [7, 11) is 0. The molecule has 0 bridgehead atoms. The van der Waals surface area contributed by atoms with Crippen LogP contribution in [0.25, 0.3) is 0 Å². The van der Waals surface area contributed by atoms with Crippen molar-refractivity contribution in [2.24, 2.45) is 0 Å². The molecule has 1 rings (SSSR count). The van der Waals surface area contributed by atoms with E-state index < -0.39 is 0 Å². The minimum Gasteiger partial charge on any atom is -0.380 e. The second kappa shape index (κ2) is 5.71. The van der Waals surface area contributed by atoms with Gasteiger partial charge in [0.1, 0.15) is 0 Å². The van der Waals surface area contributed by atoms with Crippen LogP contribution in [0.2, 0.25) is 0 Å². The van der Waals surface area contributed by atoms with E-state index in [0.717, 1.165) is 5.56 Å². The van der Waals surface area contributed by atoms with E-state index in [9.17, 15) is 4.79 Å². The van der Waals surface area contributed by atoms with Crippen molar-refractivity contribution in [2.45, 2.75) is 33.2 Å². The number of nitrogens with zero attached hydrogens (tertiary/aromatic N) is 1. The highest BCUT2D eigenvalue weighted by molar-refractivity contribution is 5.14. The molecule has 1 aromatic heterocycles. The standard InChI is InChI=1S/C12H19NO2/c1-4-15-9-8-13-7-5-6-11(10(2)3)12(13)14/h5-7,10H,4,8-9H2,1-3H3. The zero-order valence-electron chi connectivity index (χ0n) is 9.69. The summed E-state index contributed by atoms with van der Waals surface area (Å²) < 4.78 is 6.95. The van der Waals surface area contributed by atoms with Crippen LogP contribution in [0, 0.1) is 0 Å². The highest BCUT2D eigenvalue weighted by Gasteiger charge is 2.06. The third-order valence-electron chi connectivity index (χ3n) is 2.35. The van der Waals surface area contributed by atoms with Crippen LogP contribution in [0.5, 0.6) is 0 Å². The Hall–Kier alpha value is -1.09. The van der Waals surface area contributed by atoms with E-state index in [1.165, 1.54) is 0 Å². The van der Waals surface area contributed by atoms with Crippen molar-refractivity contribution in [2.75, 3.05) is 13.2 Å². The van der Waals surface area contributed by atoms with Crippen LogP contribution in [0.1, 0.15) is 32.3 Å². The summed E-state index contributed by atoms with van der Waals surface area (Å²) in [5.41, 5.74) is 0.973. The van der Waals surface area contributed by atoms with Gasteiger partial charge >= 0.3 is 0 Å². The molecule has 3 nitrogen and oxygen atoms in total. The lowest BCUT2D eigenvalue weighted by molar-refractivity contribution is 0.138. The Morgan fingerprint density at radius 3 is 2.80 bits per heavy atom. The maximum absolute atomic E-state index is 11.9. The SMILES string of the molecule is CCOCCn1cccc(C(C)C)c1=O. The van der Waals surface area contributed by atoms with Crippen molar-refractivity contribution in [3.05, 3.63) is 34.2 Å². The minimum absolute atomic E-state index is 0.104. The van der Waals surface area contributed by atoms with E-state index in [1.807, 2.05) is 39.1 Å². The fourth-order valence-corrected chi connectivity index (χ4v) is 1.48. The molecule has 1 heterocycles. The molecule has 0 aliphatic rings. The molecule has 0 radical (unpaired) electrons. The van der Waals surface area contributed by atoms with E-state index >= 15 is 0 Å². The van der Waals surface area contributed by atoms with Gasteiger partial charge in [0.2, 0.25) is 0 Å². The van der Waals surface area contributed by atoms with Gasteiger partial charge in [-0.15, -0.1) is 0 Å². The van der Waals surface area contributed by atoms with Crippen LogP contribution in [-0.4, -0.2) is 17.8 Å². The van der Waals surface area contributed by atoms with Gasteiger partial charge in [0, 0.05) is 24.9 Å². The molecule has 0 fully saturated rings. The highest BCUT2D eigenvalue weighted by Crippen LogP contribution is 2.07. The Morgan fingerprint density at radius 2 is 2.20 bits per heavy atom. The fourth-order valence-electron chi connectivity index (χ4n) is 1.48. The largest absolute Gasteiger partial charge is 0.380 e. The molecule has 0 aliphatic carbocycles. The third-order valence-corrected chi connectivity index (χ3v) is 2.35. The van der Waals surface area contributed by atoms with Crippen molar-refractivity contribution < 1.29 is 4.74 Å². The van der Waals surface area contributed by atoms with Gasteiger partial charge in [-0.2, -0.15) is 0 Å². The number of pyridine rings is 1. The lowest BCUT2D eigenvalue weighted by atomic mass is 10.1. The zero-order chi connectivity index (χ0) is 11.3. The second-order valence-corrected chi connectivity index (χ2v) is 3.81. The molecule has 0 atom stereocenters. The van der Waals surface area contributed by atoms with Crippen LogP contribution in [0.4, 0.5) is 0 Å². The van der Waals surface area contributed by atoms with E-state index in [2.05, 4.69) is 0 Å². The summed E-state index contributed by atoms with van der Waals surface area (Å²) in [6, 6.07) is 3.81. The molecule has 0 unspecified atom stereocenters. The van der Waals surface area contributed by atoms with Crippen LogP contribution in [0.15, 0.2) is 23.1 Å². The average molecular weight is 209 g/mol. The van der Waals surface area contributed by atoms with Crippen molar-refractivity contribution >= 4 is 0 Å². The van der Waals surface area contributed by atoms with Crippen molar-refractivity contribution in [1.29, 1.82) is 0 Å². The van der Waals surface area contributed by atoms with Crippen molar-refractivity contribution in [3.8, 4) is 0 Å². The Kier molecular flexibility index (Phi) is 4.56. The number of hydrogen-bond donors (Lipinski definition) is 0. The van der Waals surface area contributed by atoms with Crippen LogP contribution >= 0.6 is 0 Å². The molecule has 0 spiro atoms. The van der Waals surface area contributed by atoms with Gasteiger partial charge in [-0.05, 0) is 18.9 Å². The topological polar surface area (TPSA) is 31.2 Å². The quantitative estimate of drug-likeness (QED) is 0.695. The van der Waals surface area contributed by atoms with Gasteiger partial charge in [0.25, 0.3) is 5.56 Å². The van der Waals surface area contributed by atoms with Crippen LogP contribution in [0.3, 0.4) is 0 Å². The van der Waals surface area contributed by atoms with Gasteiger partial charge in [-0.1, -0.05) is 19.9 Å². The molecule has 0 amide bonds. The van der Waals surface area contributed by atoms with Gasteiger partial charge in [0.05, 0.1) is 6.61 Å². The summed E-state index contributed by atoms with van der Waals surface area (Å²) in [4.78, 5) is 11.9. The maximum Gasteiger partial charge on any atom is 0.254 e. The molecular formula is C12H19NO2. The lowest BCUT2D eigenvalue weighted by Crippen LogP contribution is -2.25. The van der Waals surface area contributed by atoms with E-state index in [4.69, 9.17) is 4.74 Å². The number of rotatable bonds is 5. The normalized spacial score (nSPS) is 10.9. The maximum atomic E-state index is 11.9. The van der Waals surface area contributed by atoms with E-state index in [0.29, 0.717) is 19.8 Å². The van der Waals surface area contributed by atoms with E-state index in [1.54, 1.807) is 4.57 Å². The Labute approximate surface area is 90.7 Å². The summed E-state index contributed by atoms with van der Waals surface area (Å²) in [5, 5.41) is 0. The predicted octanol–water partition coefficient (Wildman–Crippen LogP) is 2.01. The summed E-state index contributed by atoms with van der Waals surface area (Å²) >= 11 is 0. The smallest absolute Gasteiger partial charge is 0.254 e. The Balaban J connectivity index is 2.81. The molecule has 0 N–H and O–H groups in total. The number of aromatic nitrogens is 1. The van der Waals surface area contributed by atoms with Crippen molar-refractivity contribution in [3.63, 3.8) is 0 Å². The molecule has 0 saturated heterocycles. The summed E-state index contributed by atoms with van der Waals surface area (Å²) in [5.74, 6) is 0.275. The van der Waals surface area contributed by atoms with Gasteiger partial charge in [-0.3, -0.25) is 4.79 Å². The molecule has 3 heteroatoms. The molecule has 0 saturated carbocycles. The van der Waals surface area contributed by atoms with Crippen LogP contribution < -0.4 is 5.56 Å². The summed E-state index contributed by atoms with van der Waals surface area (Å²) in [6.07, 6.45) is 1.81. The Morgan fingerprint density at radius 1 is 1.47 bits per heavy atom. The highest BCUT2D eigenvalue weighted by atomic mass is 16.5. The van der Waals surface area contributed by atoms with Gasteiger partial charge in [-0.25, -0.2) is 0 Å². The molecule has 1 aromatic rings. The average Bonchev–Trinajstić information content (AvgIpc) is 2.20. The fraction of sp³-hybridized carbons (Fsp3) is 0.583. The number of hydrogen-bond acceptors (Lipinski definition) is 2. The Bertz CT molecular complexity index is 355. The second-order valence-electron chi connectivity index (χ2n) is 3.81. The lowest BCUT2D eigenvalue weighted by Gasteiger charge is -2.09. The molecule has 0 aromatic carbocycles.